The van der Waals surface area contributed by atoms with E-state index < -0.39 is 5.97 Å². The first-order chi connectivity index (χ1) is 15.4. The van der Waals surface area contributed by atoms with Crippen molar-refractivity contribution < 1.29 is 14.7 Å². The third-order valence-electron chi connectivity index (χ3n) is 6.05. The van der Waals surface area contributed by atoms with Crippen molar-refractivity contribution in [2.45, 2.75) is 6.42 Å². The number of aromatic nitrogens is 1. The lowest BCUT2D eigenvalue weighted by Gasteiger charge is -2.36. The van der Waals surface area contributed by atoms with Gasteiger partial charge < -0.3 is 19.9 Å². The molecule has 8 heteroatoms. The Morgan fingerprint density at radius 1 is 1.06 bits per heavy atom. The SMILES string of the molecule is Cn1c(C(=O)O)c(CC(=O)NCCN2CCN(c3cccc(Cl)c3)CC2)c2ccccc21. The molecule has 1 aliphatic heterocycles. The molecule has 168 valence electrons. The number of halogens is 1. The van der Waals surface area contributed by atoms with Gasteiger partial charge in [0.25, 0.3) is 0 Å². The van der Waals surface area contributed by atoms with E-state index in [9.17, 15) is 14.7 Å². The molecule has 1 amide bonds. The quantitative estimate of drug-likeness (QED) is 0.574. The molecule has 0 bridgehead atoms. The molecular weight excluding hydrogens is 428 g/mol. The van der Waals surface area contributed by atoms with Crippen LogP contribution in [0.5, 0.6) is 0 Å². The van der Waals surface area contributed by atoms with Crippen LogP contribution in [0, 0.1) is 0 Å². The zero-order valence-corrected chi connectivity index (χ0v) is 18.8. The Kier molecular flexibility index (Phi) is 6.67. The summed E-state index contributed by atoms with van der Waals surface area (Å²) < 4.78 is 1.64. The van der Waals surface area contributed by atoms with Crippen LogP contribution in [-0.4, -0.2) is 65.7 Å². The highest BCUT2D eigenvalue weighted by atomic mass is 35.5. The van der Waals surface area contributed by atoms with Crippen LogP contribution in [0.15, 0.2) is 48.5 Å². The van der Waals surface area contributed by atoms with E-state index in [4.69, 9.17) is 11.6 Å². The van der Waals surface area contributed by atoms with Gasteiger partial charge >= 0.3 is 5.97 Å². The van der Waals surface area contributed by atoms with E-state index in [-0.39, 0.29) is 18.0 Å². The van der Waals surface area contributed by atoms with Gasteiger partial charge in [-0.25, -0.2) is 4.79 Å². The van der Waals surface area contributed by atoms with Crippen LogP contribution in [0.2, 0.25) is 5.02 Å². The molecule has 0 spiro atoms. The highest BCUT2D eigenvalue weighted by Crippen LogP contribution is 2.26. The number of rotatable bonds is 7. The Hall–Kier alpha value is -3.03. The summed E-state index contributed by atoms with van der Waals surface area (Å²) >= 11 is 6.10. The fourth-order valence-corrected chi connectivity index (χ4v) is 4.59. The maximum atomic E-state index is 12.6. The van der Waals surface area contributed by atoms with Gasteiger partial charge in [-0.05, 0) is 24.3 Å². The Morgan fingerprint density at radius 3 is 2.53 bits per heavy atom. The first-order valence-corrected chi connectivity index (χ1v) is 11.1. The number of aromatic carboxylic acids is 1. The number of para-hydroxylation sites is 1. The maximum absolute atomic E-state index is 12.6. The average Bonchev–Trinajstić information content (AvgIpc) is 3.06. The number of piperazine rings is 1. The van der Waals surface area contributed by atoms with E-state index in [1.165, 1.54) is 0 Å². The van der Waals surface area contributed by atoms with Crippen LogP contribution in [-0.2, 0) is 18.3 Å². The van der Waals surface area contributed by atoms with Gasteiger partial charge in [-0.15, -0.1) is 0 Å². The van der Waals surface area contributed by atoms with Gasteiger partial charge in [-0.1, -0.05) is 35.9 Å². The van der Waals surface area contributed by atoms with Crippen LogP contribution < -0.4 is 10.2 Å². The zero-order chi connectivity index (χ0) is 22.7. The number of carboxylic acid groups (broad SMARTS) is 1. The Morgan fingerprint density at radius 2 is 1.81 bits per heavy atom. The third kappa shape index (κ3) is 4.74. The molecule has 4 rings (SSSR count). The molecule has 1 saturated heterocycles. The van der Waals surface area contributed by atoms with E-state index in [0.29, 0.717) is 12.1 Å². The molecule has 0 aliphatic carbocycles. The van der Waals surface area contributed by atoms with E-state index in [1.807, 2.05) is 42.5 Å². The molecule has 2 N–H and O–H groups in total. The van der Waals surface area contributed by atoms with Crippen molar-refractivity contribution in [2.24, 2.45) is 7.05 Å². The first-order valence-electron chi connectivity index (χ1n) is 10.7. The summed E-state index contributed by atoms with van der Waals surface area (Å²) in [6.07, 6.45) is 0.0472. The number of carbonyl (C=O) groups is 2. The standard InChI is InChI=1S/C24H27ClN4O3/c1-27-21-8-3-2-7-19(21)20(23(27)24(31)32)16-22(30)26-9-10-28-11-13-29(14-12-28)18-6-4-5-17(25)15-18/h2-8,15H,9-14,16H2,1H3,(H,26,30)(H,31,32). The summed E-state index contributed by atoms with van der Waals surface area (Å²) in [5.41, 5.74) is 2.67. The van der Waals surface area contributed by atoms with Crippen LogP contribution >= 0.6 is 11.6 Å². The second-order valence-electron chi connectivity index (χ2n) is 8.04. The highest BCUT2D eigenvalue weighted by Gasteiger charge is 2.22. The molecule has 2 aromatic carbocycles. The van der Waals surface area contributed by atoms with Crippen molar-refractivity contribution >= 4 is 40.1 Å². The van der Waals surface area contributed by atoms with Gasteiger partial charge in [0.1, 0.15) is 5.69 Å². The van der Waals surface area contributed by atoms with Gasteiger partial charge in [0.2, 0.25) is 5.91 Å². The number of amides is 1. The van der Waals surface area contributed by atoms with Gasteiger partial charge in [-0.3, -0.25) is 9.69 Å². The topological polar surface area (TPSA) is 77.8 Å². The van der Waals surface area contributed by atoms with Gasteiger partial charge in [0.15, 0.2) is 0 Å². The summed E-state index contributed by atoms with van der Waals surface area (Å²) in [4.78, 5) is 29.0. The van der Waals surface area contributed by atoms with E-state index in [1.54, 1.807) is 11.6 Å². The van der Waals surface area contributed by atoms with E-state index >= 15 is 0 Å². The zero-order valence-electron chi connectivity index (χ0n) is 18.1. The number of nitrogens with zero attached hydrogens (tertiary/aromatic N) is 3. The normalized spacial score (nSPS) is 14.6. The summed E-state index contributed by atoms with van der Waals surface area (Å²) in [7, 11) is 1.72. The van der Waals surface area contributed by atoms with Crippen LogP contribution in [0.4, 0.5) is 5.69 Å². The monoisotopic (exact) mass is 454 g/mol. The molecular formula is C24H27ClN4O3. The molecule has 32 heavy (non-hydrogen) atoms. The summed E-state index contributed by atoms with van der Waals surface area (Å²) in [6, 6.07) is 15.3. The fourth-order valence-electron chi connectivity index (χ4n) is 4.40. The number of carboxylic acids is 1. The van der Waals surface area contributed by atoms with E-state index in [2.05, 4.69) is 21.2 Å². The number of anilines is 1. The van der Waals surface area contributed by atoms with Crippen molar-refractivity contribution in [3.05, 3.63) is 64.8 Å². The molecule has 1 aromatic heterocycles. The van der Waals surface area contributed by atoms with Gasteiger partial charge in [0, 0.05) is 73.5 Å². The summed E-state index contributed by atoms with van der Waals surface area (Å²) in [5.74, 6) is -1.19. The second-order valence-corrected chi connectivity index (χ2v) is 8.48. The van der Waals surface area contributed by atoms with Crippen molar-refractivity contribution in [1.82, 2.24) is 14.8 Å². The lowest BCUT2D eigenvalue weighted by Crippen LogP contribution is -2.48. The molecule has 0 atom stereocenters. The number of nitrogens with one attached hydrogen (secondary N) is 1. The molecule has 7 nitrogen and oxygen atoms in total. The predicted molar refractivity (Wildman–Crippen MR) is 127 cm³/mol. The minimum Gasteiger partial charge on any atom is -0.477 e. The number of hydrogen-bond donors (Lipinski definition) is 2. The summed E-state index contributed by atoms with van der Waals surface area (Å²) in [5, 5.41) is 14.2. The number of hydrogen-bond acceptors (Lipinski definition) is 4. The van der Waals surface area contributed by atoms with Crippen LogP contribution in [0.1, 0.15) is 16.1 Å². The van der Waals surface area contributed by atoms with E-state index in [0.717, 1.165) is 54.3 Å². The maximum Gasteiger partial charge on any atom is 0.352 e. The smallest absolute Gasteiger partial charge is 0.352 e. The lowest BCUT2D eigenvalue weighted by molar-refractivity contribution is -0.120. The number of aryl methyl sites for hydroxylation is 1. The molecule has 2 heterocycles. The van der Waals surface area contributed by atoms with Crippen molar-refractivity contribution in [3.63, 3.8) is 0 Å². The van der Waals surface area contributed by atoms with Gasteiger partial charge in [-0.2, -0.15) is 0 Å². The highest BCUT2D eigenvalue weighted by molar-refractivity contribution is 6.30. The number of benzene rings is 2. The van der Waals surface area contributed by atoms with Crippen molar-refractivity contribution in [1.29, 1.82) is 0 Å². The van der Waals surface area contributed by atoms with Crippen molar-refractivity contribution in [3.8, 4) is 0 Å². The molecule has 3 aromatic rings. The minimum atomic E-state index is -1.02. The van der Waals surface area contributed by atoms with Crippen LogP contribution in [0.3, 0.4) is 0 Å². The fraction of sp³-hybridized carbons (Fsp3) is 0.333. The lowest BCUT2D eigenvalue weighted by atomic mass is 10.1. The summed E-state index contributed by atoms with van der Waals surface area (Å²) in [6.45, 7) is 4.93. The Labute approximate surface area is 192 Å². The minimum absolute atomic E-state index is 0.0472. The van der Waals surface area contributed by atoms with Gasteiger partial charge in [0.05, 0.1) is 6.42 Å². The Bertz CT molecular complexity index is 1140. The second kappa shape index (κ2) is 9.63. The molecule has 1 aliphatic rings. The first kappa shape index (κ1) is 22.2. The Balaban J connectivity index is 1.29. The largest absolute Gasteiger partial charge is 0.477 e. The average molecular weight is 455 g/mol. The predicted octanol–water partition coefficient (Wildman–Crippen LogP) is 3.01. The number of fused-ring (bicyclic) bond motifs is 1. The molecule has 1 fully saturated rings. The molecule has 0 saturated carbocycles. The molecule has 0 radical (unpaired) electrons. The number of carbonyl (C=O) groups excluding carboxylic acids is 1. The van der Waals surface area contributed by atoms with Crippen LogP contribution in [0.25, 0.3) is 10.9 Å². The van der Waals surface area contributed by atoms with Crippen molar-refractivity contribution in [2.75, 3.05) is 44.2 Å². The molecule has 0 unspecified atom stereocenters. The third-order valence-corrected chi connectivity index (χ3v) is 6.28.